The van der Waals surface area contributed by atoms with Gasteiger partial charge in [-0.2, -0.15) is 0 Å². The van der Waals surface area contributed by atoms with Crippen molar-refractivity contribution in [2.24, 2.45) is 5.92 Å². The molecule has 0 aromatic rings. The lowest BCUT2D eigenvalue weighted by atomic mass is 10.1. The zero-order valence-electron chi connectivity index (χ0n) is 11.9. The molecule has 0 saturated carbocycles. The summed E-state index contributed by atoms with van der Waals surface area (Å²) >= 11 is 0. The summed E-state index contributed by atoms with van der Waals surface area (Å²) in [6.07, 6.45) is 1.79. The molecule has 1 saturated heterocycles. The largest absolute Gasteiger partial charge is 0.317 e. The fraction of sp³-hybridized carbons (Fsp3) is 1.00. The smallest absolute Gasteiger partial charge is 0.213 e. The van der Waals surface area contributed by atoms with Crippen LogP contribution in [0.3, 0.4) is 0 Å². The normalized spacial score (nSPS) is 21.9. The number of rotatable bonds is 8. The zero-order valence-corrected chi connectivity index (χ0v) is 12.7. The first-order valence-electron chi connectivity index (χ1n) is 6.79. The summed E-state index contributed by atoms with van der Waals surface area (Å²) in [6, 6.07) is 0. The Kier molecular flexibility index (Phi) is 6.55. The molecule has 0 radical (unpaired) electrons. The number of hydrogen-bond acceptors (Lipinski definition) is 4. The molecule has 1 fully saturated rings. The Morgan fingerprint density at radius 1 is 1.44 bits per heavy atom. The Balaban J connectivity index is 2.32. The van der Waals surface area contributed by atoms with Gasteiger partial charge < -0.3 is 10.2 Å². The fourth-order valence-electron chi connectivity index (χ4n) is 2.36. The first kappa shape index (κ1) is 15.9. The van der Waals surface area contributed by atoms with Crippen LogP contribution < -0.4 is 5.32 Å². The quantitative estimate of drug-likeness (QED) is 0.644. The summed E-state index contributed by atoms with van der Waals surface area (Å²) in [5, 5.41) is 3.15. The standard InChI is InChI=1S/C12H27N3O2S/c1-4-13-7-5-9-18(16,17)15(3)11-12-6-8-14(2)10-12/h12-13H,4-11H2,1-3H3. The summed E-state index contributed by atoms with van der Waals surface area (Å²) in [5.74, 6) is 0.738. The number of sulfonamides is 1. The topological polar surface area (TPSA) is 52.7 Å². The van der Waals surface area contributed by atoms with E-state index in [1.54, 1.807) is 11.4 Å². The Labute approximate surface area is 112 Å². The summed E-state index contributed by atoms with van der Waals surface area (Å²) < 4.78 is 25.6. The SMILES string of the molecule is CCNCCCS(=O)(=O)N(C)CC1CCN(C)C1. The number of hydrogen-bond donors (Lipinski definition) is 1. The average molecular weight is 277 g/mol. The van der Waals surface area contributed by atoms with Crippen LogP contribution in [0.5, 0.6) is 0 Å². The second kappa shape index (κ2) is 7.43. The maximum absolute atomic E-state index is 12.0. The highest BCUT2D eigenvalue weighted by Crippen LogP contribution is 2.16. The minimum absolute atomic E-state index is 0.249. The number of likely N-dealkylation sites (tertiary alicyclic amines) is 1. The van der Waals surface area contributed by atoms with Crippen LogP contribution in [0, 0.1) is 5.92 Å². The van der Waals surface area contributed by atoms with Crippen molar-refractivity contribution in [3.05, 3.63) is 0 Å². The molecule has 1 N–H and O–H groups in total. The molecule has 0 bridgehead atoms. The van der Waals surface area contributed by atoms with E-state index in [9.17, 15) is 8.42 Å². The van der Waals surface area contributed by atoms with Crippen LogP contribution >= 0.6 is 0 Å². The fourth-order valence-corrected chi connectivity index (χ4v) is 3.62. The lowest BCUT2D eigenvalue weighted by Gasteiger charge is -2.20. The van der Waals surface area contributed by atoms with E-state index in [1.165, 1.54) is 0 Å². The highest BCUT2D eigenvalue weighted by molar-refractivity contribution is 7.89. The summed E-state index contributed by atoms with van der Waals surface area (Å²) in [5.41, 5.74) is 0. The van der Waals surface area contributed by atoms with E-state index < -0.39 is 10.0 Å². The summed E-state index contributed by atoms with van der Waals surface area (Å²) in [4.78, 5) is 2.26. The first-order valence-corrected chi connectivity index (χ1v) is 8.40. The van der Waals surface area contributed by atoms with Gasteiger partial charge in [0.1, 0.15) is 0 Å². The van der Waals surface area contributed by atoms with Crippen LogP contribution in [0.2, 0.25) is 0 Å². The molecule has 1 unspecified atom stereocenters. The Bertz CT molecular complexity index is 332. The van der Waals surface area contributed by atoms with Crippen molar-refractivity contribution in [2.45, 2.75) is 19.8 Å². The molecular weight excluding hydrogens is 250 g/mol. The van der Waals surface area contributed by atoms with Gasteiger partial charge in [-0.1, -0.05) is 6.92 Å². The van der Waals surface area contributed by atoms with Crippen LogP contribution in [-0.2, 0) is 10.0 Å². The third kappa shape index (κ3) is 5.22. The molecule has 0 aliphatic carbocycles. The third-order valence-electron chi connectivity index (χ3n) is 3.48. The van der Waals surface area contributed by atoms with Crippen molar-refractivity contribution in [3.8, 4) is 0 Å². The van der Waals surface area contributed by atoms with Crippen molar-refractivity contribution in [3.63, 3.8) is 0 Å². The van der Waals surface area contributed by atoms with Crippen LogP contribution in [0.15, 0.2) is 0 Å². The minimum Gasteiger partial charge on any atom is -0.317 e. The lowest BCUT2D eigenvalue weighted by molar-refractivity contribution is 0.356. The van der Waals surface area contributed by atoms with Gasteiger partial charge in [-0.3, -0.25) is 0 Å². The Hall–Kier alpha value is -0.170. The molecule has 5 nitrogen and oxygen atoms in total. The molecule has 1 atom stereocenters. The minimum atomic E-state index is -3.07. The van der Waals surface area contributed by atoms with Crippen LogP contribution in [0.4, 0.5) is 0 Å². The molecule has 1 heterocycles. The highest BCUT2D eigenvalue weighted by atomic mass is 32.2. The molecule has 1 rings (SSSR count). The van der Waals surface area contributed by atoms with Crippen molar-refractivity contribution in [2.75, 3.05) is 52.6 Å². The summed E-state index contributed by atoms with van der Waals surface area (Å²) in [7, 11) is 0.727. The van der Waals surface area contributed by atoms with Gasteiger partial charge in [0.05, 0.1) is 5.75 Å². The number of nitrogens with zero attached hydrogens (tertiary/aromatic N) is 2. The van der Waals surface area contributed by atoms with Crippen LogP contribution in [-0.4, -0.2) is 70.2 Å². The third-order valence-corrected chi connectivity index (χ3v) is 5.39. The molecule has 0 aromatic carbocycles. The van der Waals surface area contributed by atoms with E-state index in [2.05, 4.69) is 17.3 Å². The van der Waals surface area contributed by atoms with Crippen molar-refractivity contribution >= 4 is 10.0 Å². The van der Waals surface area contributed by atoms with Gasteiger partial charge >= 0.3 is 0 Å². The van der Waals surface area contributed by atoms with E-state index >= 15 is 0 Å². The van der Waals surface area contributed by atoms with Crippen molar-refractivity contribution < 1.29 is 8.42 Å². The molecule has 6 heteroatoms. The first-order chi connectivity index (χ1) is 8.45. The maximum atomic E-state index is 12.0. The second-order valence-electron chi connectivity index (χ2n) is 5.22. The molecule has 0 spiro atoms. The average Bonchev–Trinajstić information content (AvgIpc) is 2.70. The summed E-state index contributed by atoms with van der Waals surface area (Å²) in [6.45, 7) is 6.45. The van der Waals surface area contributed by atoms with Gasteiger partial charge in [-0.05, 0) is 45.4 Å². The second-order valence-corrected chi connectivity index (χ2v) is 7.42. The molecule has 108 valence electrons. The van der Waals surface area contributed by atoms with Gasteiger partial charge in [-0.25, -0.2) is 12.7 Å². The van der Waals surface area contributed by atoms with Crippen LogP contribution in [0.25, 0.3) is 0 Å². The van der Waals surface area contributed by atoms with Gasteiger partial charge in [-0.15, -0.1) is 0 Å². The van der Waals surface area contributed by atoms with E-state index in [1.807, 2.05) is 6.92 Å². The Morgan fingerprint density at radius 3 is 2.72 bits per heavy atom. The van der Waals surface area contributed by atoms with Gasteiger partial charge in [0.25, 0.3) is 0 Å². The van der Waals surface area contributed by atoms with E-state index in [0.717, 1.165) is 32.6 Å². The van der Waals surface area contributed by atoms with Gasteiger partial charge in [0.2, 0.25) is 10.0 Å². The van der Waals surface area contributed by atoms with Crippen molar-refractivity contribution in [1.82, 2.24) is 14.5 Å². The predicted molar refractivity (Wildman–Crippen MR) is 75.2 cm³/mol. The monoisotopic (exact) mass is 277 g/mol. The predicted octanol–water partition coefficient (Wildman–Crippen LogP) is 0.199. The van der Waals surface area contributed by atoms with Gasteiger partial charge in [0.15, 0.2) is 0 Å². The maximum Gasteiger partial charge on any atom is 0.213 e. The lowest BCUT2D eigenvalue weighted by Crippen LogP contribution is -2.35. The molecule has 1 aliphatic rings. The number of nitrogens with one attached hydrogen (secondary N) is 1. The van der Waals surface area contributed by atoms with E-state index in [0.29, 0.717) is 18.9 Å². The Morgan fingerprint density at radius 2 is 2.17 bits per heavy atom. The zero-order chi connectivity index (χ0) is 13.6. The van der Waals surface area contributed by atoms with E-state index in [-0.39, 0.29) is 5.75 Å². The van der Waals surface area contributed by atoms with Crippen LogP contribution in [0.1, 0.15) is 19.8 Å². The molecule has 0 aromatic heterocycles. The molecule has 1 aliphatic heterocycles. The highest BCUT2D eigenvalue weighted by Gasteiger charge is 2.25. The van der Waals surface area contributed by atoms with Crippen molar-refractivity contribution in [1.29, 1.82) is 0 Å². The van der Waals surface area contributed by atoms with Gasteiger partial charge in [0, 0.05) is 20.1 Å². The molecule has 0 amide bonds. The molecule has 18 heavy (non-hydrogen) atoms. The molecular formula is C12H27N3O2S. The van der Waals surface area contributed by atoms with E-state index in [4.69, 9.17) is 0 Å².